The van der Waals surface area contributed by atoms with Crippen LogP contribution in [0.25, 0.3) is 10.4 Å². The van der Waals surface area contributed by atoms with Crippen molar-refractivity contribution in [1.82, 2.24) is 0 Å². The smallest absolute Gasteiger partial charge is 0.459 e. The van der Waals surface area contributed by atoms with E-state index in [0.717, 1.165) is 73.6 Å². The minimum absolute atomic E-state index is 0.0451. The Balaban J connectivity index is 0.906. The van der Waals surface area contributed by atoms with Gasteiger partial charge in [0.1, 0.15) is 85.9 Å². The first-order valence-corrected chi connectivity index (χ1v) is 36.0. The van der Waals surface area contributed by atoms with Crippen LogP contribution in [0.15, 0.2) is 157 Å². The summed E-state index contributed by atoms with van der Waals surface area (Å²) >= 11 is 0. The molecule has 4 aliphatic heterocycles. The molecule has 19 atom stereocenters. The van der Waals surface area contributed by atoms with Crippen LogP contribution in [0.5, 0.6) is 0 Å². The molecule has 100 heavy (non-hydrogen) atoms. The summed E-state index contributed by atoms with van der Waals surface area (Å²) in [4.78, 5) is 46.6. The van der Waals surface area contributed by atoms with Gasteiger partial charge < -0.3 is 75.8 Å². The summed E-state index contributed by atoms with van der Waals surface area (Å²) in [5, 5.41) is 4.50. The molecule has 8 aliphatic rings. The highest BCUT2D eigenvalue weighted by molar-refractivity contribution is 5.89. The van der Waals surface area contributed by atoms with E-state index in [-0.39, 0.29) is 50.4 Å². The lowest BCUT2D eigenvalue weighted by molar-refractivity contribution is -0.365. The standard InChI is InChI=1S/C78H95N3O19/c1-49(2)57-37-36-50(3)42-58(57)93-76(84)96-67-66(68-70(99-77(97-68)38-22-10-23-39-77)71-69(67)98-78(100-71)40-24-11-25-41-78)95-74-61(80-81-79)64(87-45-54-30-16-7-17-31-54)63(60(91-74)48-89-73(83)56-34-20-9-21-35-56)94-75-72(90-51(4)82)65(88-46-55-32-18-8-19-33-55)62(86-44-53-28-14-6-15-29-53)59(92-75)47-85-43-52-26-12-5-13-27-52/h5-9,12-21,26-35,49-50,57-72,74-75H,10-11,22-25,36-48H2,1-4H3/t50-,57?,58?,59-,60-,61-,62-,63-,64-,65+,66+,67+,68-,69+,70+,71+,72+,74-,75-/m1/s1. The fourth-order valence-electron chi connectivity index (χ4n) is 16.0. The minimum Gasteiger partial charge on any atom is -0.459 e. The Bertz CT molecular complexity index is 3450. The molecule has 4 saturated heterocycles. The molecular formula is C78H95N3O19. The number of hydrogen-bond acceptors (Lipinski definition) is 20. The van der Waals surface area contributed by atoms with E-state index >= 15 is 4.79 Å². The molecule has 4 aliphatic carbocycles. The first-order chi connectivity index (χ1) is 48.8. The Labute approximate surface area is 585 Å². The zero-order valence-electron chi connectivity index (χ0n) is 57.5. The van der Waals surface area contributed by atoms with Crippen LogP contribution in [0.2, 0.25) is 0 Å². The number of carbonyl (C=O) groups excluding carboxylic acids is 3. The molecule has 8 fully saturated rings. The Kier molecular flexibility index (Phi) is 24.0. The van der Waals surface area contributed by atoms with Gasteiger partial charge in [0.25, 0.3) is 0 Å². The number of benzene rings is 5. The zero-order valence-corrected chi connectivity index (χ0v) is 57.5. The summed E-state index contributed by atoms with van der Waals surface area (Å²) in [5.74, 6) is -2.83. The fourth-order valence-corrected chi connectivity index (χ4v) is 16.0. The van der Waals surface area contributed by atoms with Gasteiger partial charge in [-0.1, -0.05) is 185 Å². The monoisotopic (exact) mass is 1380 g/mol. The molecule has 5 aromatic carbocycles. The quantitative estimate of drug-likeness (QED) is 0.0173. The second-order valence-corrected chi connectivity index (χ2v) is 28.4. The summed E-state index contributed by atoms with van der Waals surface area (Å²) in [5.41, 5.74) is 14.5. The number of esters is 2. The molecule has 0 N–H and O–H groups in total. The van der Waals surface area contributed by atoms with Crippen molar-refractivity contribution in [2.45, 2.75) is 253 Å². The number of nitrogens with zero attached hydrogens (tertiary/aromatic N) is 3. The fraction of sp³-hybridized carbons (Fsp3) is 0.577. The Morgan fingerprint density at radius 3 is 1.54 bits per heavy atom. The summed E-state index contributed by atoms with van der Waals surface area (Å²) in [6.07, 6.45) is -9.07. The van der Waals surface area contributed by atoms with Crippen LogP contribution in [0.4, 0.5) is 4.79 Å². The first kappa shape index (κ1) is 71.5. The van der Waals surface area contributed by atoms with Crippen LogP contribution in [-0.4, -0.2) is 147 Å². The third kappa shape index (κ3) is 17.3. The van der Waals surface area contributed by atoms with Crippen LogP contribution in [-0.2, 0) is 107 Å². The van der Waals surface area contributed by atoms with Crippen molar-refractivity contribution in [2.75, 3.05) is 13.2 Å². The lowest BCUT2D eigenvalue weighted by Crippen LogP contribution is -2.68. The second kappa shape index (κ2) is 33.5. The average molecular weight is 1380 g/mol. The number of hydrogen-bond donors (Lipinski definition) is 0. The van der Waals surface area contributed by atoms with E-state index in [1.54, 1.807) is 30.3 Å². The molecular weight excluding hydrogens is 1280 g/mol. The number of azide groups is 1. The molecule has 0 aromatic heterocycles. The molecule has 13 rings (SSSR count). The van der Waals surface area contributed by atoms with E-state index in [4.69, 9.17) is 75.8 Å². The summed E-state index contributed by atoms with van der Waals surface area (Å²) in [6.45, 7) is 7.42. The predicted octanol–water partition coefficient (Wildman–Crippen LogP) is 13.5. The minimum atomic E-state index is -1.63. The third-order valence-electron chi connectivity index (χ3n) is 20.9. The SMILES string of the molecule is CC(=O)O[C@@H]1[C@@H](O[C@H]2[C@H](OCc3ccccc3)[C@@H](N=[N+]=[N-])[C@@H](O[C@H]3[C@H](OC(=O)OC4C[C@H](C)CCC4C(C)C)[C@@H]4OC5(CCCCC5)O[C@@H]4[C@H]4OC5(CCCCC5)O[C@H]34)O[C@@H]2COC(=O)c2ccccc2)O[C@H](COCc2ccccc2)[C@@H](OCc2ccccc2)[C@@H]1OCc1ccccc1. The molecule has 0 bridgehead atoms. The number of carbonyl (C=O) groups is 3. The lowest BCUT2D eigenvalue weighted by atomic mass is 9.75. The first-order valence-electron chi connectivity index (χ1n) is 36.0. The molecule has 2 spiro atoms. The van der Waals surface area contributed by atoms with E-state index in [9.17, 15) is 15.1 Å². The van der Waals surface area contributed by atoms with Gasteiger partial charge in [-0.15, -0.1) is 0 Å². The Morgan fingerprint density at radius 1 is 0.520 bits per heavy atom. The average Bonchev–Trinajstić information content (AvgIpc) is 1.55. The van der Waals surface area contributed by atoms with Gasteiger partial charge in [-0.3, -0.25) is 4.79 Å². The largest absolute Gasteiger partial charge is 0.509 e. The molecule has 22 heteroatoms. The van der Waals surface area contributed by atoms with Crippen LogP contribution in [0, 0.1) is 17.8 Å². The molecule has 4 heterocycles. The van der Waals surface area contributed by atoms with Crippen LogP contribution in [0.1, 0.15) is 144 Å². The van der Waals surface area contributed by atoms with Crippen molar-refractivity contribution in [3.63, 3.8) is 0 Å². The zero-order chi connectivity index (χ0) is 69.0. The van der Waals surface area contributed by atoms with Crippen LogP contribution in [0.3, 0.4) is 0 Å². The highest BCUT2D eigenvalue weighted by Crippen LogP contribution is 2.54. The van der Waals surface area contributed by atoms with E-state index in [1.807, 2.05) is 121 Å². The second-order valence-electron chi connectivity index (χ2n) is 28.4. The van der Waals surface area contributed by atoms with Gasteiger partial charge in [0.15, 0.2) is 36.4 Å². The molecule has 2 unspecified atom stereocenters. The van der Waals surface area contributed by atoms with E-state index in [2.05, 4.69) is 30.8 Å². The van der Waals surface area contributed by atoms with Crippen molar-refractivity contribution in [2.24, 2.45) is 22.9 Å². The van der Waals surface area contributed by atoms with Gasteiger partial charge in [0.2, 0.25) is 0 Å². The molecule has 22 nitrogen and oxygen atoms in total. The highest BCUT2D eigenvalue weighted by Gasteiger charge is 2.69. The van der Waals surface area contributed by atoms with Gasteiger partial charge in [-0.05, 0) is 96.2 Å². The maximum Gasteiger partial charge on any atom is 0.509 e. The topological polar surface area (TPSA) is 248 Å². The predicted molar refractivity (Wildman–Crippen MR) is 361 cm³/mol. The number of fused-ring (bicyclic) bond motifs is 3. The summed E-state index contributed by atoms with van der Waals surface area (Å²) in [6, 6.07) is 45.3. The molecule has 4 saturated carbocycles. The third-order valence-corrected chi connectivity index (χ3v) is 20.9. The van der Waals surface area contributed by atoms with Gasteiger partial charge >= 0.3 is 18.1 Å². The Hall–Kier alpha value is -6.86. The van der Waals surface area contributed by atoms with Crippen molar-refractivity contribution in [1.29, 1.82) is 0 Å². The van der Waals surface area contributed by atoms with E-state index in [0.29, 0.717) is 38.0 Å². The van der Waals surface area contributed by atoms with Crippen molar-refractivity contribution in [3.05, 3.63) is 190 Å². The van der Waals surface area contributed by atoms with Gasteiger partial charge in [-0.25, -0.2) is 9.59 Å². The molecule has 0 radical (unpaired) electrons. The lowest BCUT2D eigenvalue weighted by Gasteiger charge is -2.50. The van der Waals surface area contributed by atoms with Crippen molar-refractivity contribution in [3.8, 4) is 0 Å². The number of rotatable bonds is 25. The van der Waals surface area contributed by atoms with Crippen molar-refractivity contribution >= 4 is 18.1 Å². The van der Waals surface area contributed by atoms with Crippen LogP contribution < -0.4 is 0 Å². The van der Waals surface area contributed by atoms with Gasteiger partial charge in [-0.2, -0.15) is 0 Å². The summed E-state index contributed by atoms with van der Waals surface area (Å²) < 4.78 is 112. The maximum absolute atomic E-state index is 15.0. The highest BCUT2D eigenvalue weighted by atomic mass is 16.8. The van der Waals surface area contributed by atoms with Crippen molar-refractivity contribution < 1.29 is 90.2 Å². The van der Waals surface area contributed by atoms with Gasteiger partial charge in [0, 0.05) is 37.5 Å². The van der Waals surface area contributed by atoms with Gasteiger partial charge in [0.05, 0.1) is 38.6 Å². The molecule has 5 aromatic rings. The summed E-state index contributed by atoms with van der Waals surface area (Å²) in [7, 11) is 0. The maximum atomic E-state index is 15.0. The molecule has 536 valence electrons. The number of ether oxygens (including phenoxy) is 16. The Morgan fingerprint density at radius 2 is 1.00 bits per heavy atom. The van der Waals surface area contributed by atoms with E-state index < -0.39 is 140 Å². The van der Waals surface area contributed by atoms with Crippen LogP contribution >= 0.6 is 0 Å². The van der Waals surface area contributed by atoms with E-state index in [1.165, 1.54) is 6.92 Å². The normalized spacial score (nSPS) is 32.8. The molecule has 0 amide bonds.